The number of nitrogens with two attached hydrogens (primary N) is 1. The van der Waals surface area contributed by atoms with Crippen molar-refractivity contribution in [2.75, 3.05) is 13.1 Å². The van der Waals surface area contributed by atoms with Crippen LogP contribution in [0.4, 0.5) is 4.79 Å². The number of urea groups is 1. The van der Waals surface area contributed by atoms with Gasteiger partial charge in [0.05, 0.1) is 0 Å². The molecule has 1 saturated heterocycles. The van der Waals surface area contributed by atoms with Crippen molar-refractivity contribution >= 4 is 18.0 Å². The molecule has 1 aromatic carbocycles. The van der Waals surface area contributed by atoms with Crippen LogP contribution in [0, 0.1) is 0 Å². The Balaban J connectivity index is 1.74. The zero-order chi connectivity index (χ0) is 17.5. The van der Waals surface area contributed by atoms with Gasteiger partial charge in [-0.25, -0.2) is 4.79 Å². The molecule has 2 rings (SSSR count). The highest BCUT2D eigenvalue weighted by atomic mass is 16.2. The molecule has 1 aliphatic rings. The van der Waals surface area contributed by atoms with Gasteiger partial charge < -0.3 is 16.0 Å². The lowest BCUT2D eigenvalue weighted by Crippen LogP contribution is -2.48. The Kier molecular flexibility index (Phi) is 6.41. The molecule has 0 atom stereocenters. The zero-order valence-electron chi connectivity index (χ0n) is 14.5. The highest BCUT2D eigenvalue weighted by Gasteiger charge is 2.21. The van der Waals surface area contributed by atoms with Gasteiger partial charge in [-0.3, -0.25) is 4.79 Å². The number of hydrogen-bond donors (Lipinski definition) is 2. The van der Waals surface area contributed by atoms with Gasteiger partial charge in [-0.15, -0.1) is 0 Å². The van der Waals surface area contributed by atoms with Gasteiger partial charge in [0.25, 0.3) is 0 Å². The van der Waals surface area contributed by atoms with Gasteiger partial charge in [-0.05, 0) is 29.9 Å². The van der Waals surface area contributed by atoms with E-state index in [9.17, 15) is 9.59 Å². The van der Waals surface area contributed by atoms with Gasteiger partial charge in [0.15, 0.2) is 0 Å². The van der Waals surface area contributed by atoms with E-state index in [0.717, 1.165) is 18.4 Å². The number of primary amides is 1. The average Bonchev–Trinajstić information content (AvgIpc) is 2.55. The van der Waals surface area contributed by atoms with Crippen molar-refractivity contribution in [2.24, 2.45) is 5.73 Å². The summed E-state index contributed by atoms with van der Waals surface area (Å²) in [5.74, 6) is 0.539. The van der Waals surface area contributed by atoms with Gasteiger partial charge >= 0.3 is 6.03 Å². The molecule has 130 valence electrons. The second-order valence-electron chi connectivity index (χ2n) is 6.59. The van der Waals surface area contributed by atoms with E-state index in [-0.39, 0.29) is 18.0 Å². The van der Waals surface area contributed by atoms with Crippen molar-refractivity contribution < 1.29 is 9.59 Å². The minimum absolute atomic E-state index is 0.0163. The predicted octanol–water partition coefficient (Wildman–Crippen LogP) is 2.87. The minimum atomic E-state index is -0.383. The third-order valence-electron chi connectivity index (χ3n) is 4.39. The number of piperidine rings is 1. The Morgan fingerprint density at radius 3 is 2.42 bits per heavy atom. The van der Waals surface area contributed by atoms with E-state index in [1.807, 2.05) is 12.2 Å². The SMILES string of the molecule is CC(C)c1ccc(/C=C/CC(=O)NC2CCN(C(N)=O)CC2)cc1. The first-order valence-corrected chi connectivity index (χ1v) is 8.56. The van der Waals surface area contributed by atoms with Gasteiger partial charge in [0.1, 0.15) is 0 Å². The molecule has 24 heavy (non-hydrogen) atoms. The van der Waals surface area contributed by atoms with Gasteiger partial charge in [-0.2, -0.15) is 0 Å². The normalized spacial score (nSPS) is 15.9. The lowest BCUT2D eigenvalue weighted by Gasteiger charge is -2.31. The summed E-state index contributed by atoms with van der Waals surface area (Å²) in [6.07, 6.45) is 5.74. The van der Waals surface area contributed by atoms with Crippen LogP contribution in [0.15, 0.2) is 30.3 Å². The summed E-state index contributed by atoms with van der Waals surface area (Å²) in [4.78, 5) is 24.7. The molecule has 1 aliphatic heterocycles. The summed E-state index contributed by atoms with van der Waals surface area (Å²) >= 11 is 0. The molecule has 0 spiro atoms. The fraction of sp³-hybridized carbons (Fsp3) is 0.474. The molecule has 0 aromatic heterocycles. The van der Waals surface area contributed by atoms with Crippen LogP contribution >= 0.6 is 0 Å². The van der Waals surface area contributed by atoms with E-state index in [0.29, 0.717) is 25.4 Å². The lowest BCUT2D eigenvalue weighted by molar-refractivity contribution is -0.121. The molecular weight excluding hydrogens is 302 g/mol. The lowest BCUT2D eigenvalue weighted by atomic mass is 10.0. The third kappa shape index (κ3) is 5.41. The fourth-order valence-electron chi connectivity index (χ4n) is 2.82. The van der Waals surface area contributed by atoms with Crippen molar-refractivity contribution in [2.45, 2.75) is 45.1 Å². The molecule has 5 heteroatoms. The average molecular weight is 329 g/mol. The van der Waals surface area contributed by atoms with E-state index < -0.39 is 0 Å². The van der Waals surface area contributed by atoms with Crippen LogP contribution in [-0.2, 0) is 4.79 Å². The van der Waals surface area contributed by atoms with Crippen LogP contribution in [0.5, 0.6) is 0 Å². The Labute approximate surface area is 143 Å². The molecule has 3 N–H and O–H groups in total. The predicted molar refractivity (Wildman–Crippen MR) is 96.5 cm³/mol. The Morgan fingerprint density at radius 2 is 1.88 bits per heavy atom. The minimum Gasteiger partial charge on any atom is -0.353 e. The molecule has 1 fully saturated rings. The largest absolute Gasteiger partial charge is 0.353 e. The fourth-order valence-corrected chi connectivity index (χ4v) is 2.82. The first kappa shape index (κ1) is 18.0. The molecule has 1 heterocycles. The number of benzene rings is 1. The zero-order valence-corrected chi connectivity index (χ0v) is 14.5. The molecule has 5 nitrogen and oxygen atoms in total. The van der Waals surface area contributed by atoms with Gasteiger partial charge in [0, 0.05) is 25.6 Å². The van der Waals surface area contributed by atoms with Crippen molar-refractivity contribution in [1.82, 2.24) is 10.2 Å². The highest BCUT2D eigenvalue weighted by Crippen LogP contribution is 2.15. The first-order chi connectivity index (χ1) is 11.5. The molecule has 0 bridgehead atoms. The number of amides is 3. The molecule has 0 aliphatic carbocycles. The molecule has 0 unspecified atom stereocenters. The maximum atomic E-state index is 12.0. The monoisotopic (exact) mass is 329 g/mol. The number of likely N-dealkylation sites (tertiary alicyclic amines) is 1. The molecule has 0 radical (unpaired) electrons. The Hall–Kier alpha value is -2.30. The van der Waals surface area contributed by atoms with Crippen LogP contribution in [0.1, 0.15) is 50.2 Å². The second-order valence-corrected chi connectivity index (χ2v) is 6.59. The molecule has 1 aromatic rings. The summed E-state index contributed by atoms with van der Waals surface area (Å²) in [5.41, 5.74) is 7.66. The van der Waals surface area contributed by atoms with Crippen molar-refractivity contribution in [3.05, 3.63) is 41.5 Å². The third-order valence-corrected chi connectivity index (χ3v) is 4.39. The quantitative estimate of drug-likeness (QED) is 0.871. The van der Waals surface area contributed by atoms with Gasteiger partial charge in [-0.1, -0.05) is 50.3 Å². The molecule has 3 amide bonds. The second kappa shape index (κ2) is 8.52. The Bertz CT molecular complexity index is 585. The van der Waals surface area contributed by atoms with Crippen LogP contribution < -0.4 is 11.1 Å². The van der Waals surface area contributed by atoms with Crippen molar-refractivity contribution in [3.8, 4) is 0 Å². The maximum absolute atomic E-state index is 12.0. The number of carbonyl (C=O) groups is 2. The molecular formula is C19H27N3O2. The highest BCUT2D eigenvalue weighted by molar-refractivity contribution is 5.79. The van der Waals surface area contributed by atoms with E-state index in [2.05, 4.69) is 43.4 Å². The maximum Gasteiger partial charge on any atom is 0.314 e. The van der Waals surface area contributed by atoms with E-state index in [4.69, 9.17) is 5.73 Å². The van der Waals surface area contributed by atoms with Crippen LogP contribution in [-0.4, -0.2) is 36.0 Å². The Morgan fingerprint density at radius 1 is 1.25 bits per heavy atom. The summed E-state index contributed by atoms with van der Waals surface area (Å²) in [7, 11) is 0. The standard InChI is InChI=1S/C19H27N3O2/c1-14(2)16-8-6-15(7-9-16)4-3-5-18(23)21-17-10-12-22(13-11-17)19(20)24/h3-4,6-9,14,17H,5,10-13H2,1-2H3,(H2,20,24)(H,21,23)/b4-3+. The number of rotatable bonds is 5. The van der Waals surface area contributed by atoms with E-state index >= 15 is 0 Å². The number of carbonyl (C=O) groups excluding carboxylic acids is 2. The molecule has 0 saturated carbocycles. The topological polar surface area (TPSA) is 75.4 Å². The van der Waals surface area contributed by atoms with Crippen LogP contribution in [0.3, 0.4) is 0 Å². The first-order valence-electron chi connectivity index (χ1n) is 8.56. The number of nitrogens with one attached hydrogen (secondary N) is 1. The number of nitrogens with zero attached hydrogens (tertiary/aromatic N) is 1. The number of hydrogen-bond acceptors (Lipinski definition) is 2. The van der Waals surface area contributed by atoms with E-state index in [1.165, 1.54) is 5.56 Å². The smallest absolute Gasteiger partial charge is 0.314 e. The van der Waals surface area contributed by atoms with Gasteiger partial charge in [0.2, 0.25) is 5.91 Å². The van der Waals surface area contributed by atoms with Crippen LogP contribution in [0.25, 0.3) is 6.08 Å². The van der Waals surface area contributed by atoms with Crippen molar-refractivity contribution in [1.29, 1.82) is 0 Å². The summed E-state index contributed by atoms with van der Waals surface area (Å²) in [5, 5.41) is 3.02. The summed E-state index contributed by atoms with van der Waals surface area (Å²) < 4.78 is 0. The van der Waals surface area contributed by atoms with Crippen molar-refractivity contribution in [3.63, 3.8) is 0 Å². The summed E-state index contributed by atoms with van der Waals surface area (Å²) in [6.45, 7) is 5.56. The summed E-state index contributed by atoms with van der Waals surface area (Å²) in [6, 6.07) is 8.14. The van der Waals surface area contributed by atoms with E-state index in [1.54, 1.807) is 4.90 Å². The van der Waals surface area contributed by atoms with Crippen LogP contribution in [0.2, 0.25) is 0 Å².